The van der Waals surface area contributed by atoms with Crippen LogP contribution >= 0.6 is 0 Å². The highest BCUT2D eigenvalue weighted by atomic mass is 16.1. The molecule has 1 amide bonds. The molecule has 1 N–H and O–H groups in total. The second-order valence-electron chi connectivity index (χ2n) is 8.09. The van der Waals surface area contributed by atoms with E-state index >= 15 is 0 Å². The van der Waals surface area contributed by atoms with Gasteiger partial charge in [0.05, 0.1) is 0 Å². The Morgan fingerprint density at radius 2 is 1.79 bits per heavy atom. The van der Waals surface area contributed by atoms with E-state index in [0.717, 1.165) is 19.5 Å². The van der Waals surface area contributed by atoms with E-state index in [9.17, 15) is 4.79 Å². The van der Waals surface area contributed by atoms with Gasteiger partial charge in [0.15, 0.2) is 0 Å². The van der Waals surface area contributed by atoms with Gasteiger partial charge in [0.2, 0.25) is 5.91 Å². The minimum absolute atomic E-state index is 0.0531. The number of carbonyl (C=O) groups is 1. The van der Waals surface area contributed by atoms with Crippen molar-refractivity contribution in [2.75, 3.05) is 6.54 Å². The highest BCUT2D eigenvalue weighted by molar-refractivity contribution is 5.86. The van der Waals surface area contributed by atoms with Gasteiger partial charge in [-0.15, -0.1) is 0 Å². The van der Waals surface area contributed by atoms with Gasteiger partial charge >= 0.3 is 0 Å². The van der Waals surface area contributed by atoms with Gasteiger partial charge in [-0.25, -0.2) is 0 Å². The Morgan fingerprint density at radius 1 is 1.07 bits per heavy atom. The van der Waals surface area contributed by atoms with Crippen molar-refractivity contribution < 1.29 is 4.79 Å². The van der Waals surface area contributed by atoms with Gasteiger partial charge in [-0.1, -0.05) is 61.9 Å². The number of nitrogens with zero attached hydrogens (tertiary/aromatic N) is 1. The van der Waals surface area contributed by atoms with Gasteiger partial charge in [-0.3, -0.25) is 4.79 Å². The summed E-state index contributed by atoms with van der Waals surface area (Å²) in [5.41, 5.74) is 4.90. The number of fused-ring (bicyclic) bond motifs is 1. The Morgan fingerprint density at radius 3 is 2.46 bits per heavy atom. The lowest BCUT2D eigenvalue weighted by Gasteiger charge is -2.18. The van der Waals surface area contributed by atoms with Crippen molar-refractivity contribution >= 4 is 16.8 Å². The average molecular weight is 377 g/mol. The van der Waals surface area contributed by atoms with Crippen molar-refractivity contribution in [3.63, 3.8) is 0 Å². The Bertz CT molecular complexity index is 921. The number of para-hydroxylation sites is 1. The van der Waals surface area contributed by atoms with E-state index in [1.54, 1.807) is 0 Å². The van der Waals surface area contributed by atoms with Crippen LogP contribution in [0.5, 0.6) is 0 Å². The molecule has 1 aromatic heterocycles. The lowest BCUT2D eigenvalue weighted by molar-refractivity contribution is -0.121. The van der Waals surface area contributed by atoms with Crippen molar-refractivity contribution in [2.45, 2.75) is 53.0 Å². The largest absolute Gasteiger partial charge is 0.356 e. The summed E-state index contributed by atoms with van der Waals surface area (Å²) in [6, 6.07) is 17.1. The number of benzene rings is 2. The number of hydrogen-bond acceptors (Lipinski definition) is 1. The SMILES string of the molecule is CCn1cc(C(CC(=O)NCCC(C)C)c2ccc(C)cc2)c2ccccc21. The Balaban J connectivity index is 1.95. The fourth-order valence-corrected chi connectivity index (χ4v) is 3.78. The zero-order chi connectivity index (χ0) is 20.1. The molecule has 3 rings (SSSR count). The zero-order valence-corrected chi connectivity index (χ0v) is 17.5. The van der Waals surface area contributed by atoms with E-state index in [2.05, 4.69) is 92.3 Å². The highest BCUT2D eigenvalue weighted by Crippen LogP contribution is 2.35. The lowest BCUT2D eigenvalue weighted by atomic mass is 9.87. The first-order chi connectivity index (χ1) is 13.5. The average Bonchev–Trinajstić information content (AvgIpc) is 3.05. The summed E-state index contributed by atoms with van der Waals surface area (Å²) in [7, 11) is 0. The van der Waals surface area contributed by atoms with Crippen molar-refractivity contribution in [1.29, 1.82) is 0 Å². The van der Waals surface area contributed by atoms with Crippen LogP contribution in [0.3, 0.4) is 0 Å². The van der Waals surface area contributed by atoms with E-state index in [-0.39, 0.29) is 11.8 Å². The topological polar surface area (TPSA) is 34.0 Å². The van der Waals surface area contributed by atoms with Gasteiger partial charge in [-0.05, 0) is 43.4 Å². The van der Waals surface area contributed by atoms with Crippen LogP contribution in [-0.4, -0.2) is 17.0 Å². The lowest BCUT2D eigenvalue weighted by Crippen LogP contribution is -2.27. The summed E-state index contributed by atoms with van der Waals surface area (Å²) in [6.45, 7) is 10.3. The molecule has 148 valence electrons. The predicted molar refractivity (Wildman–Crippen MR) is 118 cm³/mol. The first-order valence-electron chi connectivity index (χ1n) is 10.4. The van der Waals surface area contributed by atoms with Crippen LogP contribution in [0.2, 0.25) is 0 Å². The van der Waals surface area contributed by atoms with Gasteiger partial charge in [-0.2, -0.15) is 0 Å². The molecule has 0 aliphatic rings. The molecule has 3 heteroatoms. The molecule has 1 heterocycles. The van der Waals surface area contributed by atoms with Crippen molar-refractivity contribution in [2.24, 2.45) is 5.92 Å². The molecule has 0 aliphatic carbocycles. The van der Waals surface area contributed by atoms with Crippen molar-refractivity contribution in [3.05, 3.63) is 71.4 Å². The van der Waals surface area contributed by atoms with E-state index in [1.165, 1.54) is 27.6 Å². The first-order valence-corrected chi connectivity index (χ1v) is 10.4. The summed E-state index contributed by atoms with van der Waals surface area (Å²) in [5, 5.41) is 4.36. The summed E-state index contributed by atoms with van der Waals surface area (Å²) in [6.07, 6.45) is 3.71. The van der Waals surface area contributed by atoms with E-state index < -0.39 is 0 Å². The minimum atomic E-state index is 0.0531. The molecule has 2 aromatic carbocycles. The van der Waals surface area contributed by atoms with Crippen LogP contribution in [0.15, 0.2) is 54.7 Å². The minimum Gasteiger partial charge on any atom is -0.356 e. The van der Waals surface area contributed by atoms with Crippen molar-refractivity contribution in [1.82, 2.24) is 9.88 Å². The molecular weight excluding hydrogens is 344 g/mol. The maximum Gasteiger partial charge on any atom is 0.220 e. The molecule has 0 saturated carbocycles. The summed E-state index contributed by atoms with van der Waals surface area (Å²) in [4.78, 5) is 12.7. The van der Waals surface area contributed by atoms with Crippen LogP contribution in [-0.2, 0) is 11.3 Å². The second kappa shape index (κ2) is 9.09. The van der Waals surface area contributed by atoms with Crippen molar-refractivity contribution in [3.8, 4) is 0 Å². The molecule has 0 fully saturated rings. The van der Waals surface area contributed by atoms with Gasteiger partial charge in [0.25, 0.3) is 0 Å². The summed E-state index contributed by atoms with van der Waals surface area (Å²) in [5.74, 6) is 0.771. The third-order valence-electron chi connectivity index (χ3n) is 5.45. The highest BCUT2D eigenvalue weighted by Gasteiger charge is 2.22. The summed E-state index contributed by atoms with van der Waals surface area (Å²) >= 11 is 0. The van der Waals surface area contributed by atoms with Crippen LogP contribution in [0.1, 0.15) is 56.2 Å². The third kappa shape index (κ3) is 4.64. The van der Waals surface area contributed by atoms with Crippen LogP contribution in [0.4, 0.5) is 0 Å². The Hall–Kier alpha value is -2.55. The number of hydrogen-bond donors (Lipinski definition) is 1. The van der Waals surface area contributed by atoms with E-state index in [1.807, 2.05) is 0 Å². The smallest absolute Gasteiger partial charge is 0.220 e. The molecule has 3 aromatic rings. The van der Waals surface area contributed by atoms with Gasteiger partial charge < -0.3 is 9.88 Å². The van der Waals surface area contributed by atoms with E-state index in [0.29, 0.717) is 12.3 Å². The molecule has 28 heavy (non-hydrogen) atoms. The second-order valence-corrected chi connectivity index (χ2v) is 8.09. The maximum atomic E-state index is 12.7. The number of nitrogens with one attached hydrogen (secondary N) is 1. The van der Waals surface area contributed by atoms with Gasteiger partial charge in [0, 0.05) is 42.5 Å². The molecular formula is C25H32N2O. The Labute approximate surface area is 168 Å². The number of aromatic nitrogens is 1. The molecule has 0 spiro atoms. The predicted octanol–water partition coefficient (Wildman–Crippen LogP) is 5.65. The maximum absolute atomic E-state index is 12.7. The first kappa shape index (κ1) is 20.2. The number of aryl methyl sites for hydroxylation is 2. The summed E-state index contributed by atoms with van der Waals surface area (Å²) < 4.78 is 2.28. The molecule has 1 atom stereocenters. The molecule has 0 bridgehead atoms. The molecule has 1 unspecified atom stereocenters. The molecule has 3 nitrogen and oxygen atoms in total. The normalized spacial score (nSPS) is 12.5. The number of carbonyl (C=O) groups excluding carboxylic acids is 1. The van der Waals surface area contributed by atoms with Gasteiger partial charge in [0.1, 0.15) is 0 Å². The number of amides is 1. The molecule has 0 saturated heterocycles. The van der Waals surface area contributed by atoms with Crippen LogP contribution in [0.25, 0.3) is 10.9 Å². The third-order valence-corrected chi connectivity index (χ3v) is 5.45. The zero-order valence-electron chi connectivity index (χ0n) is 17.5. The standard InChI is InChI=1S/C25H32N2O/c1-5-27-17-23(21-8-6-7-9-24(21)27)22(20-12-10-19(4)11-13-20)16-25(28)26-15-14-18(2)3/h6-13,17-18,22H,5,14-16H2,1-4H3,(H,26,28). The number of rotatable bonds is 8. The quantitative estimate of drug-likeness (QED) is 0.541. The van der Waals surface area contributed by atoms with Crippen LogP contribution in [0, 0.1) is 12.8 Å². The Kier molecular flexibility index (Phi) is 6.56. The fraction of sp³-hybridized carbons (Fsp3) is 0.400. The monoisotopic (exact) mass is 376 g/mol. The van der Waals surface area contributed by atoms with Crippen LogP contribution < -0.4 is 5.32 Å². The van der Waals surface area contributed by atoms with E-state index in [4.69, 9.17) is 0 Å². The molecule has 0 radical (unpaired) electrons. The molecule has 0 aliphatic heterocycles. The fourth-order valence-electron chi connectivity index (χ4n) is 3.78.